The first-order chi connectivity index (χ1) is 16.1. The zero-order valence-electron chi connectivity index (χ0n) is 19.1. The minimum absolute atomic E-state index is 0.000245. The maximum absolute atomic E-state index is 12.6. The molecule has 3 aromatic rings. The van der Waals surface area contributed by atoms with Crippen LogP contribution in [-0.4, -0.2) is 25.8 Å². The van der Waals surface area contributed by atoms with E-state index in [1.807, 2.05) is 0 Å². The zero-order chi connectivity index (χ0) is 24.5. The predicted octanol–water partition coefficient (Wildman–Crippen LogP) is 3.62. The van der Waals surface area contributed by atoms with Crippen molar-refractivity contribution in [3.05, 3.63) is 80.7 Å². The Morgan fingerprint density at radius 3 is 2.44 bits per heavy atom. The zero-order valence-corrected chi connectivity index (χ0v) is 20.7. The molecule has 1 amide bonds. The molecule has 2 aromatic carbocycles. The van der Waals surface area contributed by atoms with Gasteiger partial charge < -0.3 is 5.32 Å². The number of nitrogens with zero attached hydrogens (tertiary/aromatic N) is 2. The quantitative estimate of drug-likeness (QED) is 0.543. The van der Waals surface area contributed by atoms with Crippen LogP contribution in [0.5, 0.6) is 0 Å². The van der Waals surface area contributed by atoms with E-state index in [9.17, 15) is 18.5 Å². The number of rotatable bonds is 6. The SMILES string of the molecule is Cc1cc(C)cc(CN2CCc3c(sc(NC(=O)Cc4ccc(S(N)(=O)=O)cc4)c3C#N)C2)c1. The van der Waals surface area contributed by atoms with E-state index in [0.717, 1.165) is 36.5 Å². The Labute approximate surface area is 203 Å². The fraction of sp³-hybridized carbons (Fsp3) is 0.280. The van der Waals surface area contributed by atoms with Crippen LogP contribution >= 0.6 is 11.3 Å². The van der Waals surface area contributed by atoms with Crippen LogP contribution in [0.25, 0.3) is 0 Å². The summed E-state index contributed by atoms with van der Waals surface area (Å²) in [5.74, 6) is -0.259. The van der Waals surface area contributed by atoms with Crippen LogP contribution < -0.4 is 10.5 Å². The molecule has 0 atom stereocenters. The molecule has 0 aliphatic carbocycles. The van der Waals surface area contributed by atoms with Crippen molar-refractivity contribution in [2.24, 2.45) is 5.14 Å². The van der Waals surface area contributed by atoms with Crippen LogP contribution in [0.3, 0.4) is 0 Å². The van der Waals surface area contributed by atoms with E-state index in [2.05, 4.69) is 48.3 Å². The van der Waals surface area contributed by atoms with Gasteiger partial charge in [0, 0.05) is 24.5 Å². The van der Waals surface area contributed by atoms with E-state index in [0.29, 0.717) is 16.1 Å². The van der Waals surface area contributed by atoms with Gasteiger partial charge in [0.25, 0.3) is 0 Å². The third-order valence-electron chi connectivity index (χ3n) is 5.80. The van der Waals surface area contributed by atoms with Crippen molar-refractivity contribution in [3.8, 4) is 6.07 Å². The van der Waals surface area contributed by atoms with Crippen molar-refractivity contribution in [2.75, 3.05) is 11.9 Å². The number of nitriles is 1. The van der Waals surface area contributed by atoms with Gasteiger partial charge in [-0.05, 0) is 49.1 Å². The topological polar surface area (TPSA) is 116 Å². The first-order valence-corrected chi connectivity index (χ1v) is 13.2. The highest BCUT2D eigenvalue weighted by molar-refractivity contribution is 7.89. The van der Waals surface area contributed by atoms with Gasteiger partial charge in [-0.3, -0.25) is 9.69 Å². The number of sulfonamides is 1. The summed E-state index contributed by atoms with van der Waals surface area (Å²) in [6.45, 7) is 6.65. The third-order valence-corrected chi connectivity index (χ3v) is 7.87. The van der Waals surface area contributed by atoms with Crippen LogP contribution in [0.4, 0.5) is 5.00 Å². The van der Waals surface area contributed by atoms with Gasteiger partial charge in [-0.1, -0.05) is 41.5 Å². The van der Waals surface area contributed by atoms with Crippen molar-refractivity contribution in [2.45, 2.75) is 44.7 Å². The molecule has 7 nitrogen and oxygen atoms in total. The van der Waals surface area contributed by atoms with Crippen LogP contribution in [0.15, 0.2) is 47.4 Å². The number of carbonyl (C=O) groups is 1. The van der Waals surface area contributed by atoms with Gasteiger partial charge >= 0.3 is 0 Å². The van der Waals surface area contributed by atoms with E-state index in [1.165, 1.54) is 40.2 Å². The van der Waals surface area contributed by atoms with E-state index in [-0.39, 0.29) is 17.2 Å². The molecule has 34 heavy (non-hydrogen) atoms. The van der Waals surface area contributed by atoms with Crippen molar-refractivity contribution >= 4 is 32.3 Å². The van der Waals surface area contributed by atoms with Gasteiger partial charge in [0.15, 0.2) is 0 Å². The molecule has 0 spiro atoms. The van der Waals surface area contributed by atoms with Crippen molar-refractivity contribution in [1.82, 2.24) is 4.90 Å². The lowest BCUT2D eigenvalue weighted by molar-refractivity contribution is -0.115. The Bertz CT molecular complexity index is 1370. The molecule has 1 aliphatic rings. The fourth-order valence-electron chi connectivity index (χ4n) is 4.37. The van der Waals surface area contributed by atoms with Crippen LogP contribution in [0, 0.1) is 25.2 Å². The monoisotopic (exact) mass is 494 g/mol. The second-order valence-electron chi connectivity index (χ2n) is 8.69. The number of primary sulfonamides is 1. The fourth-order valence-corrected chi connectivity index (χ4v) is 6.14. The Kier molecular flexibility index (Phi) is 6.86. The lowest BCUT2D eigenvalue weighted by Gasteiger charge is -2.27. The number of aryl methyl sites for hydroxylation is 2. The third kappa shape index (κ3) is 5.54. The summed E-state index contributed by atoms with van der Waals surface area (Å²) in [5, 5.41) is 18.3. The van der Waals surface area contributed by atoms with Crippen molar-refractivity contribution in [1.29, 1.82) is 5.26 Å². The molecule has 9 heteroatoms. The smallest absolute Gasteiger partial charge is 0.238 e. The number of carbonyl (C=O) groups excluding carboxylic acids is 1. The molecular formula is C25H26N4O3S2. The van der Waals surface area contributed by atoms with Gasteiger partial charge in [-0.15, -0.1) is 11.3 Å². The largest absolute Gasteiger partial charge is 0.316 e. The number of nitrogens with two attached hydrogens (primary N) is 1. The summed E-state index contributed by atoms with van der Waals surface area (Å²) in [6, 6.07) is 14.7. The maximum atomic E-state index is 12.6. The summed E-state index contributed by atoms with van der Waals surface area (Å²) in [5.41, 5.74) is 6.00. The Balaban J connectivity index is 1.45. The Morgan fingerprint density at radius 2 is 1.82 bits per heavy atom. The maximum Gasteiger partial charge on any atom is 0.238 e. The molecule has 0 unspecified atom stereocenters. The number of amides is 1. The summed E-state index contributed by atoms with van der Waals surface area (Å²) >= 11 is 1.46. The minimum atomic E-state index is -3.78. The second-order valence-corrected chi connectivity index (χ2v) is 11.4. The van der Waals surface area contributed by atoms with E-state index in [1.54, 1.807) is 12.1 Å². The van der Waals surface area contributed by atoms with Gasteiger partial charge in [0.1, 0.15) is 11.1 Å². The number of nitrogens with one attached hydrogen (secondary N) is 1. The first-order valence-electron chi connectivity index (χ1n) is 10.9. The standard InChI is InChI=1S/C25H26N4O3S2/c1-16-9-17(2)11-19(10-16)14-29-8-7-21-22(13-26)25(33-23(21)15-29)28-24(30)12-18-3-5-20(6-4-18)34(27,31)32/h3-6,9-11H,7-8,12,14-15H2,1-2H3,(H,28,30)(H2,27,31,32). The second kappa shape index (κ2) is 9.68. The molecule has 3 N–H and O–H groups in total. The molecule has 0 radical (unpaired) electrons. The lowest BCUT2D eigenvalue weighted by atomic mass is 10.0. The van der Waals surface area contributed by atoms with E-state index >= 15 is 0 Å². The molecule has 1 aromatic heterocycles. The highest BCUT2D eigenvalue weighted by atomic mass is 32.2. The van der Waals surface area contributed by atoms with Gasteiger partial charge in [0.2, 0.25) is 15.9 Å². The minimum Gasteiger partial charge on any atom is -0.316 e. The molecule has 0 fully saturated rings. The summed E-state index contributed by atoms with van der Waals surface area (Å²) in [7, 11) is -3.78. The number of benzene rings is 2. The highest BCUT2D eigenvalue weighted by Crippen LogP contribution is 2.37. The number of fused-ring (bicyclic) bond motifs is 1. The van der Waals surface area contributed by atoms with Gasteiger partial charge in [-0.25, -0.2) is 13.6 Å². The number of anilines is 1. The average Bonchev–Trinajstić information content (AvgIpc) is 3.08. The number of hydrogen-bond donors (Lipinski definition) is 2. The van der Waals surface area contributed by atoms with Gasteiger partial charge in [0.05, 0.1) is 16.9 Å². The molecule has 0 bridgehead atoms. The van der Waals surface area contributed by atoms with Crippen LogP contribution in [0.1, 0.15) is 38.3 Å². The molecule has 1 aliphatic heterocycles. The van der Waals surface area contributed by atoms with Crippen LogP contribution in [-0.2, 0) is 40.7 Å². The molecule has 0 saturated heterocycles. The van der Waals surface area contributed by atoms with Crippen molar-refractivity contribution in [3.63, 3.8) is 0 Å². The van der Waals surface area contributed by atoms with Gasteiger partial charge in [-0.2, -0.15) is 5.26 Å². The van der Waals surface area contributed by atoms with Crippen LogP contribution in [0.2, 0.25) is 0 Å². The average molecular weight is 495 g/mol. The summed E-state index contributed by atoms with van der Waals surface area (Å²) < 4.78 is 22.8. The van der Waals surface area contributed by atoms with Crippen molar-refractivity contribution < 1.29 is 13.2 Å². The predicted molar refractivity (Wildman–Crippen MR) is 133 cm³/mol. The lowest BCUT2D eigenvalue weighted by Crippen LogP contribution is -2.29. The molecular weight excluding hydrogens is 468 g/mol. The molecule has 2 heterocycles. The summed E-state index contributed by atoms with van der Waals surface area (Å²) in [6.07, 6.45) is 0.835. The summed E-state index contributed by atoms with van der Waals surface area (Å²) in [4.78, 5) is 16.1. The molecule has 4 rings (SSSR count). The Morgan fingerprint density at radius 1 is 1.15 bits per heavy atom. The normalized spacial score (nSPS) is 13.8. The Hall–Kier alpha value is -3.03. The molecule has 0 saturated carbocycles. The highest BCUT2D eigenvalue weighted by Gasteiger charge is 2.25. The number of hydrogen-bond acceptors (Lipinski definition) is 6. The van der Waals surface area contributed by atoms with E-state index in [4.69, 9.17) is 5.14 Å². The first kappa shape index (κ1) is 24.1. The number of thiophene rings is 1. The van der Waals surface area contributed by atoms with E-state index < -0.39 is 10.0 Å². The molecule has 176 valence electrons.